The highest BCUT2D eigenvalue weighted by Crippen LogP contribution is 2.33. The number of non-ortho nitro benzene ring substituents is 1. The van der Waals surface area contributed by atoms with Crippen LogP contribution in [-0.2, 0) is 6.54 Å². The number of halogens is 1. The molecule has 0 bridgehead atoms. The van der Waals surface area contributed by atoms with E-state index in [2.05, 4.69) is 26.3 Å². The Bertz CT molecular complexity index is 1540. The maximum absolute atomic E-state index is 12.8. The molecule has 2 aromatic heterocycles. The average Bonchev–Trinajstić information content (AvgIpc) is 3.43. The molecule has 0 unspecified atom stereocenters. The van der Waals surface area contributed by atoms with Crippen LogP contribution in [-0.4, -0.2) is 25.5 Å². The number of nitro benzene ring substituents is 1. The number of hydrogen-bond acceptors (Lipinski definition) is 8. The second kappa shape index (κ2) is 10.2. The molecule has 0 spiro atoms. The molecule has 4 rings (SSSR count). The van der Waals surface area contributed by atoms with Crippen LogP contribution in [0.2, 0.25) is 0 Å². The first kappa shape index (κ1) is 25.6. The Balaban J connectivity index is 1.54. The van der Waals surface area contributed by atoms with Crippen LogP contribution in [0.5, 0.6) is 11.5 Å². The predicted octanol–water partition coefficient (Wildman–Crippen LogP) is 6.07. The largest absolute Gasteiger partial charge is 0.457 e. The monoisotopic (exact) mass is 569 g/mol. The van der Waals surface area contributed by atoms with E-state index in [0.29, 0.717) is 11.5 Å². The Labute approximate surface area is 218 Å². The number of aryl methyl sites for hydroxylation is 2. The average molecular weight is 570 g/mol. The minimum Gasteiger partial charge on any atom is -0.457 e. The SMILES string of the molecule is Cc1cc(C)c(C)c(Oc2cc(NC(=O)c3ccc(Cn4cc(Br)c([N+](=O)[O-])n4)o3)cc([N+](=O)[O-])c2)c1. The number of ether oxygens (including phenoxy) is 1. The second-order valence-corrected chi connectivity index (χ2v) is 9.11. The Morgan fingerprint density at radius 1 is 1.11 bits per heavy atom. The molecule has 0 saturated carbocycles. The van der Waals surface area contributed by atoms with Gasteiger partial charge in [0.2, 0.25) is 0 Å². The number of amides is 1. The van der Waals surface area contributed by atoms with Crippen LogP contribution >= 0.6 is 15.9 Å². The highest BCUT2D eigenvalue weighted by Gasteiger charge is 2.21. The van der Waals surface area contributed by atoms with Gasteiger partial charge in [0.25, 0.3) is 11.6 Å². The van der Waals surface area contributed by atoms with Gasteiger partial charge in [-0.05, 0) is 76.5 Å². The van der Waals surface area contributed by atoms with E-state index in [4.69, 9.17) is 9.15 Å². The summed E-state index contributed by atoms with van der Waals surface area (Å²) in [4.78, 5) is 34.0. The second-order valence-electron chi connectivity index (χ2n) is 8.26. The number of carbonyl (C=O) groups is 1. The highest BCUT2D eigenvalue weighted by molar-refractivity contribution is 9.10. The third-order valence-corrected chi connectivity index (χ3v) is 5.99. The summed E-state index contributed by atoms with van der Waals surface area (Å²) in [5.74, 6) is 0.00966. The van der Waals surface area contributed by atoms with E-state index < -0.39 is 15.8 Å². The molecular weight excluding hydrogens is 550 g/mol. The normalized spacial score (nSPS) is 10.8. The van der Waals surface area contributed by atoms with Gasteiger partial charge in [-0.2, -0.15) is 4.68 Å². The van der Waals surface area contributed by atoms with Crippen molar-refractivity contribution in [2.45, 2.75) is 27.3 Å². The fraction of sp³-hybridized carbons (Fsp3) is 0.167. The first-order chi connectivity index (χ1) is 17.5. The van der Waals surface area contributed by atoms with Crippen LogP contribution in [0.3, 0.4) is 0 Å². The molecule has 0 saturated heterocycles. The molecule has 2 heterocycles. The van der Waals surface area contributed by atoms with Crippen molar-refractivity contribution < 1.29 is 23.8 Å². The zero-order valence-electron chi connectivity index (χ0n) is 19.9. The summed E-state index contributed by atoms with van der Waals surface area (Å²) in [6.45, 7) is 5.79. The number of furan rings is 1. The molecule has 0 aliphatic carbocycles. The Morgan fingerprint density at radius 2 is 1.86 bits per heavy atom. The number of nitrogens with one attached hydrogen (secondary N) is 1. The predicted molar refractivity (Wildman–Crippen MR) is 136 cm³/mol. The summed E-state index contributed by atoms with van der Waals surface area (Å²) in [6, 6.07) is 10.8. The molecule has 0 radical (unpaired) electrons. The molecular formula is C24H20BrN5O7. The van der Waals surface area contributed by atoms with Crippen LogP contribution in [0.25, 0.3) is 0 Å². The lowest BCUT2D eigenvalue weighted by Crippen LogP contribution is -2.11. The maximum Gasteiger partial charge on any atom is 0.404 e. The van der Waals surface area contributed by atoms with Crippen LogP contribution in [0.1, 0.15) is 33.0 Å². The molecule has 0 aliphatic heterocycles. The number of nitro groups is 2. The van der Waals surface area contributed by atoms with Crippen molar-refractivity contribution in [3.05, 3.63) is 102 Å². The number of aromatic nitrogens is 2. The molecule has 4 aromatic rings. The number of rotatable bonds is 8. The highest BCUT2D eigenvalue weighted by atomic mass is 79.9. The first-order valence-corrected chi connectivity index (χ1v) is 11.6. The van der Waals surface area contributed by atoms with Gasteiger partial charge in [-0.25, -0.2) is 0 Å². The zero-order chi connectivity index (χ0) is 26.9. The number of benzene rings is 2. The van der Waals surface area contributed by atoms with Crippen LogP contribution in [0.15, 0.2) is 57.6 Å². The molecule has 0 atom stereocenters. The molecule has 2 aromatic carbocycles. The summed E-state index contributed by atoms with van der Waals surface area (Å²) >= 11 is 3.07. The summed E-state index contributed by atoms with van der Waals surface area (Å²) in [6.07, 6.45) is 1.42. The van der Waals surface area contributed by atoms with Crippen molar-refractivity contribution in [3.8, 4) is 11.5 Å². The molecule has 0 fully saturated rings. The van der Waals surface area contributed by atoms with Crippen LogP contribution < -0.4 is 10.1 Å². The molecule has 12 nitrogen and oxygen atoms in total. The van der Waals surface area contributed by atoms with E-state index in [-0.39, 0.29) is 39.7 Å². The van der Waals surface area contributed by atoms with Crippen molar-refractivity contribution >= 4 is 39.0 Å². The topological polar surface area (TPSA) is 156 Å². The van der Waals surface area contributed by atoms with E-state index in [0.717, 1.165) is 16.7 Å². The third kappa shape index (κ3) is 5.83. The number of anilines is 1. The van der Waals surface area contributed by atoms with E-state index in [1.54, 1.807) is 0 Å². The maximum atomic E-state index is 12.8. The van der Waals surface area contributed by atoms with Gasteiger partial charge < -0.3 is 24.6 Å². The molecule has 13 heteroatoms. The number of hydrogen-bond donors (Lipinski definition) is 1. The zero-order valence-corrected chi connectivity index (χ0v) is 21.4. The quantitative estimate of drug-likeness (QED) is 0.198. The summed E-state index contributed by atoms with van der Waals surface area (Å²) in [7, 11) is 0. The fourth-order valence-electron chi connectivity index (χ4n) is 3.58. The van der Waals surface area contributed by atoms with Gasteiger partial charge in [-0.3, -0.25) is 14.9 Å². The standard InChI is InChI=1S/C24H20BrN5O7/c1-13-6-14(2)15(3)22(7-13)37-19-9-16(8-17(10-19)29(32)33)26-24(31)21-5-4-18(36-21)11-28-12-20(25)23(27-28)30(34)35/h4-10,12H,11H2,1-3H3,(H,26,31). The lowest BCUT2D eigenvalue weighted by atomic mass is 10.1. The van der Waals surface area contributed by atoms with Crippen molar-refractivity contribution in [1.82, 2.24) is 9.78 Å². The smallest absolute Gasteiger partial charge is 0.404 e. The molecule has 1 N–H and O–H groups in total. The molecule has 37 heavy (non-hydrogen) atoms. The number of carbonyl (C=O) groups excluding carboxylic acids is 1. The fourth-order valence-corrected chi connectivity index (χ4v) is 4.04. The van der Waals surface area contributed by atoms with Crippen molar-refractivity contribution in [1.29, 1.82) is 0 Å². The van der Waals surface area contributed by atoms with Gasteiger partial charge in [-0.1, -0.05) is 6.07 Å². The van der Waals surface area contributed by atoms with Gasteiger partial charge in [0.15, 0.2) is 5.76 Å². The summed E-state index contributed by atoms with van der Waals surface area (Å²) in [5.41, 5.74) is 2.75. The Morgan fingerprint density at radius 3 is 2.54 bits per heavy atom. The Kier molecular flexibility index (Phi) is 7.07. The minimum atomic E-state index is -0.645. The van der Waals surface area contributed by atoms with Gasteiger partial charge >= 0.3 is 5.82 Å². The van der Waals surface area contributed by atoms with Crippen LogP contribution in [0.4, 0.5) is 17.2 Å². The molecule has 190 valence electrons. The van der Waals surface area contributed by atoms with Gasteiger partial charge in [0.1, 0.15) is 28.3 Å². The molecule has 1 amide bonds. The summed E-state index contributed by atoms with van der Waals surface area (Å²) < 4.78 is 13.0. The van der Waals surface area contributed by atoms with E-state index in [9.17, 15) is 25.0 Å². The minimum absolute atomic E-state index is 0.0454. The third-order valence-electron chi connectivity index (χ3n) is 5.43. The Hall–Kier alpha value is -4.52. The van der Waals surface area contributed by atoms with E-state index in [1.807, 2.05) is 32.9 Å². The van der Waals surface area contributed by atoms with Crippen molar-refractivity contribution in [2.75, 3.05) is 5.32 Å². The van der Waals surface area contributed by atoms with E-state index >= 15 is 0 Å². The van der Waals surface area contributed by atoms with Gasteiger partial charge in [0.05, 0.1) is 28.0 Å². The van der Waals surface area contributed by atoms with Crippen LogP contribution in [0, 0.1) is 41.0 Å². The van der Waals surface area contributed by atoms with E-state index in [1.165, 1.54) is 41.2 Å². The summed E-state index contributed by atoms with van der Waals surface area (Å²) in [5, 5.41) is 28.9. The van der Waals surface area contributed by atoms with Crippen molar-refractivity contribution in [2.24, 2.45) is 0 Å². The van der Waals surface area contributed by atoms with Gasteiger partial charge in [-0.15, -0.1) is 0 Å². The number of nitrogens with zero attached hydrogens (tertiary/aromatic N) is 4. The lowest BCUT2D eigenvalue weighted by molar-refractivity contribution is -0.390. The molecule has 0 aliphatic rings. The lowest BCUT2D eigenvalue weighted by Gasteiger charge is -2.13. The van der Waals surface area contributed by atoms with Crippen molar-refractivity contribution in [3.63, 3.8) is 0 Å². The van der Waals surface area contributed by atoms with Gasteiger partial charge in [0, 0.05) is 12.1 Å². The first-order valence-electron chi connectivity index (χ1n) is 10.8.